The van der Waals surface area contributed by atoms with Crippen molar-refractivity contribution in [3.8, 4) is 5.75 Å². The molecule has 2 aromatic carbocycles. The lowest BCUT2D eigenvalue weighted by molar-refractivity contribution is -0.125. The van der Waals surface area contributed by atoms with Crippen LogP contribution in [0.2, 0.25) is 0 Å². The zero-order valence-electron chi connectivity index (χ0n) is 17.0. The van der Waals surface area contributed by atoms with Crippen molar-refractivity contribution < 1.29 is 9.53 Å². The number of aromatic amines is 1. The van der Waals surface area contributed by atoms with Crippen LogP contribution in [-0.2, 0) is 11.3 Å². The highest BCUT2D eigenvalue weighted by atomic mass is 16.5. The molecule has 3 aromatic rings. The Kier molecular flexibility index (Phi) is 5.27. The van der Waals surface area contributed by atoms with Crippen LogP contribution in [0, 0.1) is 12.3 Å². The fraction of sp³-hybridized carbons (Fsp3) is 0.304. The number of benzene rings is 2. The second-order valence-corrected chi connectivity index (χ2v) is 7.98. The molecule has 0 atom stereocenters. The second kappa shape index (κ2) is 7.50. The van der Waals surface area contributed by atoms with E-state index in [-0.39, 0.29) is 18.0 Å². The molecule has 0 bridgehead atoms. The first-order chi connectivity index (χ1) is 13.2. The van der Waals surface area contributed by atoms with Crippen LogP contribution in [0.4, 0.5) is 5.69 Å². The summed E-state index contributed by atoms with van der Waals surface area (Å²) >= 11 is 0. The first kappa shape index (κ1) is 19.7. The average Bonchev–Trinajstić information content (AvgIpc) is 2.66. The van der Waals surface area contributed by atoms with E-state index in [0.717, 1.165) is 16.5 Å². The van der Waals surface area contributed by atoms with Crippen LogP contribution in [0.25, 0.3) is 10.9 Å². The molecule has 0 spiro atoms. The molecule has 0 aliphatic rings. The molecular weight excluding hydrogens is 352 g/mol. The van der Waals surface area contributed by atoms with E-state index in [4.69, 9.17) is 4.74 Å². The Morgan fingerprint density at radius 2 is 1.82 bits per heavy atom. The van der Waals surface area contributed by atoms with Crippen molar-refractivity contribution in [3.05, 3.63) is 70.0 Å². The molecule has 5 heteroatoms. The minimum Gasteiger partial charge on any atom is -0.495 e. The average molecular weight is 378 g/mol. The van der Waals surface area contributed by atoms with Crippen LogP contribution >= 0.6 is 0 Å². The number of pyridine rings is 1. The smallest absolute Gasteiger partial charge is 0.253 e. The summed E-state index contributed by atoms with van der Waals surface area (Å²) in [5.74, 6) is 0.508. The van der Waals surface area contributed by atoms with E-state index in [0.29, 0.717) is 17.0 Å². The van der Waals surface area contributed by atoms with Crippen LogP contribution in [0.1, 0.15) is 31.9 Å². The summed E-state index contributed by atoms with van der Waals surface area (Å²) < 4.78 is 5.46. The number of nitrogens with one attached hydrogen (secondary N) is 1. The summed E-state index contributed by atoms with van der Waals surface area (Å²) in [6.07, 6.45) is 0. The topological polar surface area (TPSA) is 62.4 Å². The van der Waals surface area contributed by atoms with Gasteiger partial charge in [-0.1, -0.05) is 51.1 Å². The number of nitrogens with zero attached hydrogens (tertiary/aromatic N) is 1. The van der Waals surface area contributed by atoms with Gasteiger partial charge in [0.25, 0.3) is 5.56 Å². The van der Waals surface area contributed by atoms with Crippen molar-refractivity contribution in [2.75, 3.05) is 12.0 Å². The third kappa shape index (κ3) is 3.79. The predicted molar refractivity (Wildman–Crippen MR) is 113 cm³/mol. The van der Waals surface area contributed by atoms with E-state index in [1.807, 2.05) is 76.2 Å². The Morgan fingerprint density at radius 1 is 1.11 bits per heavy atom. The highest BCUT2D eigenvalue weighted by Gasteiger charge is 2.30. The molecule has 0 fully saturated rings. The molecule has 0 saturated carbocycles. The number of aryl methyl sites for hydroxylation is 1. The molecule has 5 nitrogen and oxygen atoms in total. The number of aromatic nitrogens is 1. The van der Waals surface area contributed by atoms with Crippen LogP contribution < -0.4 is 15.2 Å². The van der Waals surface area contributed by atoms with Gasteiger partial charge in [-0.25, -0.2) is 0 Å². The molecule has 0 aliphatic heterocycles. The molecule has 0 radical (unpaired) electrons. The van der Waals surface area contributed by atoms with Gasteiger partial charge in [0.05, 0.1) is 24.9 Å². The Bertz CT molecular complexity index is 1080. The molecule has 0 saturated heterocycles. The van der Waals surface area contributed by atoms with Gasteiger partial charge in [0.15, 0.2) is 0 Å². The number of amides is 1. The number of hydrogen-bond donors (Lipinski definition) is 1. The van der Waals surface area contributed by atoms with Crippen molar-refractivity contribution in [2.45, 2.75) is 34.2 Å². The van der Waals surface area contributed by atoms with Crippen molar-refractivity contribution in [3.63, 3.8) is 0 Å². The fourth-order valence-electron chi connectivity index (χ4n) is 3.24. The molecule has 1 N–H and O–H groups in total. The van der Waals surface area contributed by atoms with Gasteiger partial charge in [-0.3, -0.25) is 9.59 Å². The largest absolute Gasteiger partial charge is 0.495 e. The van der Waals surface area contributed by atoms with Crippen molar-refractivity contribution in [1.82, 2.24) is 4.98 Å². The number of carbonyl (C=O) groups is 1. The fourth-order valence-corrected chi connectivity index (χ4v) is 3.24. The molecule has 3 rings (SSSR count). The third-order valence-corrected chi connectivity index (χ3v) is 4.76. The maximum atomic E-state index is 13.2. The van der Waals surface area contributed by atoms with E-state index in [1.165, 1.54) is 0 Å². The van der Waals surface area contributed by atoms with Gasteiger partial charge >= 0.3 is 0 Å². The summed E-state index contributed by atoms with van der Waals surface area (Å²) in [5.41, 5.74) is 2.20. The van der Waals surface area contributed by atoms with Gasteiger partial charge in [0, 0.05) is 11.0 Å². The molecule has 28 heavy (non-hydrogen) atoms. The lowest BCUT2D eigenvalue weighted by Gasteiger charge is -2.30. The van der Waals surface area contributed by atoms with Gasteiger partial charge in [-0.15, -0.1) is 0 Å². The maximum absolute atomic E-state index is 13.2. The molecule has 0 unspecified atom stereocenters. The zero-order chi connectivity index (χ0) is 20.5. The molecule has 1 heterocycles. The second-order valence-electron chi connectivity index (χ2n) is 7.98. The number of rotatable bonds is 4. The number of methoxy groups -OCH3 is 1. The Hall–Kier alpha value is -3.08. The number of fused-ring (bicyclic) bond motifs is 1. The van der Waals surface area contributed by atoms with E-state index in [2.05, 4.69) is 4.98 Å². The lowest BCUT2D eigenvalue weighted by atomic mass is 9.94. The van der Waals surface area contributed by atoms with E-state index >= 15 is 0 Å². The number of carbonyl (C=O) groups excluding carboxylic acids is 1. The standard InChI is InChI=1S/C23H26N2O3/c1-15-9-8-10-16-13-17(21(26)24-20(15)16)14-25(22(27)23(2,3)4)18-11-6-7-12-19(18)28-5/h6-13H,14H2,1-5H3,(H,24,26). The van der Waals surface area contributed by atoms with Gasteiger partial charge < -0.3 is 14.6 Å². The van der Waals surface area contributed by atoms with Gasteiger partial charge in [0.2, 0.25) is 5.91 Å². The SMILES string of the molecule is COc1ccccc1N(Cc1cc2cccc(C)c2[nH]c1=O)C(=O)C(C)(C)C. The first-order valence-corrected chi connectivity index (χ1v) is 9.29. The summed E-state index contributed by atoms with van der Waals surface area (Å²) in [7, 11) is 1.57. The van der Waals surface area contributed by atoms with Crippen LogP contribution in [0.3, 0.4) is 0 Å². The van der Waals surface area contributed by atoms with Gasteiger partial charge in [0.1, 0.15) is 5.75 Å². The molecule has 0 aliphatic carbocycles. The third-order valence-electron chi connectivity index (χ3n) is 4.76. The minimum atomic E-state index is -0.610. The van der Waals surface area contributed by atoms with Gasteiger partial charge in [-0.2, -0.15) is 0 Å². The van der Waals surface area contributed by atoms with Gasteiger partial charge in [-0.05, 0) is 36.1 Å². The normalized spacial score (nSPS) is 11.5. The number of H-pyrrole nitrogens is 1. The lowest BCUT2D eigenvalue weighted by Crippen LogP contribution is -2.40. The molecule has 1 aromatic heterocycles. The van der Waals surface area contributed by atoms with E-state index < -0.39 is 5.41 Å². The molecular formula is C23H26N2O3. The Labute approximate surface area is 165 Å². The quantitative estimate of drug-likeness (QED) is 0.731. The van der Waals surface area contributed by atoms with E-state index in [9.17, 15) is 9.59 Å². The highest BCUT2D eigenvalue weighted by molar-refractivity contribution is 5.98. The van der Waals surface area contributed by atoms with Crippen molar-refractivity contribution >= 4 is 22.5 Å². The monoisotopic (exact) mass is 378 g/mol. The molecule has 1 amide bonds. The van der Waals surface area contributed by atoms with Crippen molar-refractivity contribution in [2.24, 2.45) is 5.41 Å². The minimum absolute atomic E-state index is 0.0826. The number of anilines is 1. The number of ether oxygens (including phenoxy) is 1. The van der Waals surface area contributed by atoms with E-state index in [1.54, 1.807) is 12.0 Å². The predicted octanol–water partition coefficient (Wildman–Crippen LogP) is 4.42. The van der Waals surface area contributed by atoms with Crippen LogP contribution in [0.15, 0.2) is 53.3 Å². The maximum Gasteiger partial charge on any atom is 0.253 e. The Morgan fingerprint density at radius 3 is 2.50 bits per heavy atom. The van der Waals surface area contributed by atoms with Crippen LogP contribution in [-0.4, -0.2) is 18.0 Å². The Balaban J connectivity index is 2.12. The van der Waals surface area contributed by atoms with Crippen LogP contribution in [0.5, 0.6) is 5.75 Å². The zero-order valence-corrected chi connectivity index (χ0v) is 17.0. The molecule has 146 valence electrons. The highest BCUT2D eigenvalue weighted by Crippen LogP contribution is 2.32. The number of para-hydroxylation sites is 3. The summed E-state index contributed by atoms with van der Waals surface area (Å²) in [4.78, 5) is 30.6. The summed E-state index contributed by atoms with van der Waals surface area (Å²) in [6, 6.07) is 15.1. The summed E-state index contributed by atoms with van der Waals surface area (Å²) in [6.45, 7) is 7.72. The summed E-state index contributed by atoms with van der Waals surface area (Å²) in [5, 5.41) is 0.942. The first-order valence-electron chi connectivity index (χ1n) is 9.29. The number of hydrogen-bond acceptors (Lipinski definition) is 3. The van der Waals surface area contributed by atoms with Crippen molar-refractivity contribution in [1.29, 1.82) is 0 Å².